The Morgan fingerprint density at radius 3 is 2.43 bits per heavy atom. The van der Waals surface area contributed by atoms with Crippen molar-refractivity contribution in [2.45, 2.75) is 19.4 Å². The van der Waals surface area contributed by atoms with E-state index >= 15 is 0 Å². The highest BCUT2D eigenvalue weighted by Gasteiger charge is 2.23. The summed E-state index contributed by atoms with van der Waals surface area (Å²) in [7, 11) is 0. The van der Waals surface area contributed by atoms with Crippen molar-refractivity contribution in [1.29, 1.82) is 0 Å². The highest BCUT2D eigenvalue weighted by Crippen LogP contribution is 2.26. The number of amidine groups is 1. The van der Waals surface area contributed by atoms with E-state index < -0.39 is 5.92 Å². The van der Waals surface area contributed by atoms with E-state index in [1.54, 1.807) is 30.3 Å². The third kappa shape index (κ3) is 4.02. The fourth-order valence-corrected chi connectivity index (χ4v) is 1.84. The van der Waals surface area contributed by atoms with Crippen LogP contribution in [0.3, 0.4) is 0 Å². The van der Waals surface area contributed by atoms with E-state index in [0.29, 0.717) is 5.56 Å². The lowest BCUT2D eigenvalue weighted by Gasteiger charge is -2.10. The Balaban J connectivity index is 2.10. The highest BCUT2D eigenvalue weighted by atomic mass is 19.3. The molecule has 0 fully saturated rings. The summed E-state index contributed by atoms with van der Waals surface area (Å²) in [6.45, 7) is 1.15. The molecule has 0 bridgehead atoms. The average molecular weight is 290 g/mol. The van der Waals surface area contributed by atoms with Gasteiger partial charge in [0.25, 0.3) is 5.92 Å². The number of aromatic hydroxyl groups is 1. The van der Waals surface area contributed by atoms with Crippen molar-refractivity contribution >= 4 is 5.84 Å². The van der Waals surface area contributed by atoms with Gasteiger partial charge in [0.05, 0.1) is 6.54 Å². The third-order valence-corrected chi connectivity index (χ3v) is 3.03. The molecule has 0 spiro atoms. The van der Waals surface area contributed by atoms with Crippen molar-refractivity contribution in [2.24, 2.45) is 10.7 Å². The molecule has 0 saturated carbocycles. The van der Waals surface area contributed by atoms with E-state index in [2.05, 4.69) is 4.99 Å². The number of alkyl halides is 2. The van der Waals surface area contributed by atoms with E-state index in [0.717, 1.165) is 12.5 Å². The number of aliphatic imine (C=N–C) groups is 1. The monoisotopic (exact) mass is 290 g/mol. The van der Waals surface area contributed by atoms with E-state index in [-0.39, 0.29) is 23.7 Å². The second-order valence-corrected chi connectivity index (χ2v) is 4.84. The Kier molecular flexibility index (Phi) is 4.21. The number of halogens is 2. The molecule has 0 aliphatic heterocycles. The van der Waals surface area contributed by atoms with Crippen LogP contribution >= 0.6 is 0 Å². The van der Waals surface area contributed by atoms with Gasteiger partial charge in [-0.15, -0.1) is 0 Å². The Hall–Kier alpha value is -2.43. The van der Waals surface area contributed by atoms with Gasteiger partial charge in [0.1, 0.15) is 11.6 Å². The molecule has 0 aliphatic carbocycles. The Morgan fingerprint density at radius 1 is 1.19 bits per heavy atom. The molecule has 3 nitrogen and oxygen atoms in total. The summed E-state index contributed by atoms with van der Waals surface area (Å²) in [6, 6.07) is 12.4. The first-order valence-electron chi connectivity index (χ1n) is 6.43. The molecular weight excluding hydrogens is 274 g/mol. The van der Waals surface area contributed by atoms with Crippen LogP contribution in [0.15, 0.2) is 53.5 Å². The number of nitrogens with two attached hydrogens (primary N) is 1. The van der Waals surface area contributed by atoms with Gasteiger partial charge in [0, 0.05) is 18.1 Å². The maximum Gasteiger partial charge on any atom is 0.270 e. The fraction of sp³-hybridized carbons (Fsp3) is 0.188. The van der Waals surface area contributed by atoms with E-state index in [9.17, 15) is 13.9 Å². The third-order valence-electron chi connectivity index (χ3n) is 3.03. The molecule has 21 heavy (non-hydrogen) atoms. The molecule has 0 amide bonds. The van der Waals surface area contributed by atoms with Crippen LogP contribution in [0.4, 0.5) is 8.78 Å². The van der Waals surface area contributed by atoms with Crippen LogP contribution in [0, 0.1) is 0 Å². The second kappa shape index (κ2) is 5.91. The van der Waals surface area contributed by atoms with Gasteiger partial charge >= 0.3 is 0 Å². The zero-order valence-corrected chi connectivity index (χ0v) is 11.6. The molecule has 3 N–H and O–H groups in total. The quantitative estimate of drug-likeness (QED) is 0.669. The smallest absolute Gasteiger partial charge is 0.270 e. The lowest BCUT2D eigenvalue weighted by atomic mass is 10.1. The standard InChI is InChI=1S/C16H16F2N2O/c1-16(17,18)13-7-5-11(6-8-13)10-20-15(19)12-3-2-4-14(21)9-12/h2-9,21H,10H2,1H3,(H2,19,20). The summed E-state index contributed by atoms with van der Waals surface area (Å²) in [4.78, 5) is 4.19. The minimum atomic E-state index is -2.84. The molecule has 0 radical (unpaired) electrons. The first-order chi connectivity index (χ1) is 9.86. The van der Waals surface area contributed by atoms with E-state index in [4.69, 9.17) is 5.73 Å². The van der Waals surface area contributed by atoms with Crippen LogP contribution in [0.25, 0.3) is 0 Å². The molecule has 5 heteroatoms. The predicted molar refractivity (Wildman–Crippen MR) is 78.5 cm³/mol. The van der Waals surface area contributed by atoms with Gasteiger partial charge in [0.15, 0.2) is 0 Å². The zero-order valence-electron chi connectivity index (χ0n) is 11.6. The van der Waals surface area contributed by atoms with Crippen LogP contribution in [0.2, 0.25) is 0 Å². The molecular formula is C16H16F2N2O. The molecule has 2 aromatic rings. The highest BCUT2D eigenvalue weighted by molar-refractivity contribution is 5.97. The van der Waals surface area contributed by atoms with Crippen molar-refractivity contribution in [3.8, 4) is 5.75 Å². The van der Waals surface area contributed by atoms with Crippen molar-refractivity contribution < 1.29 is 13.9 Å². The zero-order chi connectivity index (χ0) is 15.5. The molecule has 0 atom stereocenters. The normalized spacial score (nSPS) is 12.4. The van der Waals surface area contributed by atoms with Crippen LogP contribution in [0.1, 0.15) is 23.6 Å². The first kappa shape index (κ1) is 15.0. The molecule has 0 aromatic heterocycles. The molecule has 2 rings (SSSR count). The number of rotatable bonds is 4. The number of nitrogens with zero attached hydrogens (tertiary/aromatic N) is 1. The SMILES string of the molecule is CC(F)(F)c1ccc(CN=C(N)c2cccc(O)c2)cc1. The number of hydrogen-bond donors (Lipinski definition) is 2. The maximum absolute atomic E-state index is 13.1. The summed E-state index contributed by atoms with van der Waals surface area (Å²) in [5.74, 6) is -2.45. The first-order valence-corrected chi connectivity index (χ1v) is 6.43. The van der Waals surface area contributed by atoms with E-state index in [1.165, 1.54) is 18.2 Å². The lowest BCUT2D eigenvalue weighted by molar-refractivity contribution is 0.0174. The summed E-state index contributed by atoms with van der Waals surface area (Å²) >= 11 is 0. The molecule has 0 heterocycles. The Labute approximate surface area is 121 Å². The molecule has 0 unspecified atom stereocenters. The molecule has 2 aromatic carbocycles. The van der Waals surface area contributed by atoms with Crippen LogP contribution in [-0.4, -0.2) is 10.9 Å². The number of benzene rings is 2. The molecule has 0 saturated heterocycles. The lowest BCUT2D eigenvalue weighted by Crippen LogP contribution is -2.13. The van der Waals surface area contributed by atoms with Gasteiger partial charge in [-0.2, -0.15) is 0 Å². The summed E-state index contributed by atoms with van der Waals surface area (Å²) < 4.78 is 26.2. The Morgan fingerprint density at radius 2 is 1.86 bits per heavy atom. The Bertz CT molecular complexity index is 646. The van der Waals surface area contributed by atoms with Gasteiger partial charge in [-0.25, -0.2) is 8.78 Å². The van der Waals surface area contributed by atoms with E-state index in [1.807, 2.05) is 0 Å². The minimum absolute atomic E-state index is 0.0313. The minimum Gasteiger partial charge on any atom is -0.508 e. The van der Waals surface area contributed by atoms with Crippen LogP contribution in [0.5, 0.6) is 5.75 Å². The maximum atomic E-state index is 13.1. The number of phenols is 1. The number of hydrogen-bond acceptors (Lipinski definition) is 2. The van der Waals surface area contributed by atoms with Crippen molar-refractivity contribution in [1.82, 2.24) is 0 Å². The van der Waals surface area contributed by atoms with Gasteiger partial charge < -0.3 is 10.8 Å². The second-order valence-electron chi connectivity index (χ2n) is 4.84. The summed E-state index contributed by atoms with van der Waals surface area (Å²) in [5, 5.41) is 9.37. The van der Waals surface area contributed by atoms with Crippen LogP contribution in [-0.2, 0) is 12.5 Å². The van der Waals surface area contributed by atoms with Crippen molar-refractivity contribution in [2.75, 3.05) is 0 Å². The topological polar surface area (TPSA) is 58.6 Å². The number of phenolic OH excluding ortho intramolecular Hbond substituents is 1. The molecule has 0 aliphatic rings. The predicted octanol–water partition coefficient (Wildman–Crippen LogP) is 3.41. The van der Waals surface area contributed by atoms with Gasteiger partial charge in [-0.3, -0.25) is 4.99 Å². The summed E-state index contributed by atoms with van der Waals surface area (Å²) in [6.07, 6.45) is 0. The fourth-order valence-electron chi connectivity index (χ4n) is 1.84. The van der Waals surface area contributed by atoms with Gasteiger partial charge in [-0.05, 0) is 17.7 Å². The van der Waals surface area contributed by atoms with Gasteiger partial charge in [-0.1, -0.05) is 36.4 Å². The average Bonchev–Trinajstić information content (AvgIpc) is 2.44. The molecule has 110 valence electrons. The van der Waals surface area contributed by atoms with Gasteiger partial charge in [0.2, 0.25) is 0 Å². The summed E-state index contributed by atoms with van der Waals surface area (Å²) in [5.41, 5.74) is 7.20. The van der Waals surface area contributed by atoms with Crippen LogP contribution < -0.4 is 5.73 Å². The van der Waals surface area contributed by atoms with Crippen molar-refractivity contribution in [3.05, 3.63) is 65.2 Å². The van der Waals surface area contributed by atoms with Crippen molar-refractivity contribution in [3.63, 3.8) is 0 Å². The largest absolute Gasteiger partial charge is 0.508 e.